The van der Waals surface area contributed by atoms with Crippen molar-refractivity contribution in [3.63, 3.8) is 0 Å². The highest BCUT2D eigenvalue weighted by Crippen LogP contribution is 2.07. The van der Waals surface area contributed by atoms with Crippen LogP contribution in [0.4, 0.5) is 4.79 Å². The van der Waals surface area contributed by atoms with Gasteiger partial charge in [-0.25, -0.2) is 4.79 Å². The van der Waals surface area contributed by atoms with Crippen molar-refractivity contribution < 1.29 is 14.6 Å². The van der Waals surface area contributed by atoms with Gasteiger partial charge in [0.05, 0.1) is 0 Å². The van der Waals surface area contributed by atoms with Gasteiger partial charge in [-0.2, -0.15) is 0 Å². The van der Waals surface area contributed by atoms with E-state index >= 15 is 0 Å². The molecule has 3 nitrogen and oxygen atoms in total. The quantitative estimate of drug-likeness (QED) is 0.522. The molecule has 0 rings (SSSR count). The number of alkyl halides is 1. The molecule has 0 aromatic heterocycles. The fourth-order valence-corrected chi connectivity index (χ4v) is 1.09. The van der Waals surface area contributed by atoms with Gasteiger partial charge in [-0.15, -0.1) is 11.6 Å². The lowest BCUT2D eigenvalue weighted by molar-refractivity contribution is 0.0467. The summed E-state index contributed by atoms with van der Waals surface area (Å²) in [4.78, 5) is 10.1. The molecule has 4 heteroatoms. The lowest BCUT2D eigenvalue weighted by Gasteiger charge is -2.12. The van der Waals surface area contributed by atoms with E-state index in [1.165, 1.54) is 0 Å². The van der Waals surface area contributed by atoms with Gasteiger partial charge >= 0.3 is 6.16 Å². The SMILES string of the molecule is CCCC(CCCl)OC(=O)O. The molecule has 0 heterocycles. The molecule has 0 bridgehead atoms. The number of ether oxygens (including phenoxy) is 1. The number of carbonyl (C=O) groups is 1. The Morgan fingerprint density at radius 1 is 1.64 bits per heavy atom. The molecule has 0 aliphatic carbocycles. The third-order valence-corrected chi connectivity index (χ3v) is 1.53. The maximum absolute atomic E-state index is 10.1. The average molecular weight is 181 g/mol. The minimum absolute atomic E-state index is 0.227. The van der Waals surface area contributed by atoms with Crippen LogP contribution in [0, 0.1) is 0 Å². The van der Waals surface area contributed by atoms with Crippen LogP contribution in [0.3, 0.4) is 0 Å². The molecule has 66 valence electrons. The maximum Gasteiger partial charge on any atom is 0.506 e. The van der Waals surface area contributed by atoms with E-state index in [1.807, 2.05) is 6.92 Å². The van der Waals surface area contributed by atoms with Gasteiger partial charge in [-0.1, -0.05) is 13.3 Å². The van der Waals surface area contributed by atoms with E-state index in [9.17, 15) is 4.79 Å². The Morgan fingerprint density at radius 3 is 2.64 bits per heavy atom. The van der Waals surface area contributed by atoms with Crippen LogP contribution in [0.25, 0.3) is 0 Å². The lowest BCUT2D eigenvalue weighted by Crippen LogP contribution is -2.16. The summed E-state index contributed by atoms with van der Waals surface area (Å²) in [5.41, 5.74) is 0. The van der Waals surface area contributed by atoms with Crippen LogP contribution < -0.4 is 0 Å². The fourth-order valence-electron chi connectivity index (χ4n) is 0.848. The molecule has 11 heavy (non-hydrogen) atoms. The van der Waals surface area contributed by atoms with E-state index in [4.69, 9.17) is 16.7 Å². The normalized spacial score (nSPS) is 12.5. The summed E-state index contributed by atoms with van der Waals surface area (Å²) in [7, 11) is 0. The topological polar surface area (TPSA) is 46.5 Å². The van der Waals surface area contributed by atoms with Gasteiger partial charge in [0.2, 0.25) is 0 Å². The maximum atomic E-state index is 10.1. The minimum atomic E-state index is -1.21. The number of halogens is 1. The summed E-state index contributed by atoms with van der Waals surface area (Å²) in [5, 5.41) is 8.27. The zero-order chi connectivity index (χ0) is 8.69. The third kappa shape index (κ3) is 5.98. The van der Waals surface area contributed by atoms with Gasteiger partial charge < -0.3 is 9.84 Å². The van der Waals surface area contributed by atoms with Crippen LogP contribution in [0.2, 0.25) is 0 Å². The van der Waals surface area contributed by atoms with Crippen LogP contribution in [-0.2, 0) is 4.74 Å². The monoisotopic (exact) mass is 180 g/mol. The highest BCUT2D eigenvalue weighted by atomic mass is 35.5. The lowest BCUT2D eigenvalue weighted by atomic mass is 10.2. The fraction of sp³-hybridized carbons (Fsp3) is 0.857. The minimum Gasteiger partial charge on any atom is -0.450 e. The van der Waals surface area contributed by atoms with Gasteiger partial charge in [0.25, 0.3) is 0 Å². The zero-order valence-corrected chi connectivity index (χ0v) is 7.30. The van der Waals surface area contributed by atoms with E-state index in [0.717, 1.165) is 12.8 Å². The third-order valence-electron chi connectivity index (χ3n) is 1.31. The zero-order valence-electron chi connectivity index (χ0n) is 6.55. The van der Waals surface area contributed by atoms with Gasteiger partial charge in [0, 0.05) is 5.88 Å². The van der Waals surface area contributed by atoms with Crippen LogP contribution in [0.15, 0.2) is 0 Å². The van der Waals surface area contributed by atoms with Crippen molar-refractivity contribution in [3.8, 4) is 0 Å². The standard InChI is InChI=1S/C7H13ClO3/c1-2-3-6(4-5-8)11-7(9)10/h6H,2-5H2,1H3,(H,9,10). The molecular formula is C7H13ClO3. The van der Waals surface area contributed by atoms with Crippen LogP contribution >= 0.6 is 11.6 Å². The molecular weight excluding hydrogens is 168 g/mol. The second kappa shape index (κ2) is 6.28. The first-order valence-electron chi connectivity index (χ1n) is 3.66. The summed E-state index contributed by atoms with van der Waals surface area (Å²) < 4.78 is 4.56. The molecule has 0 spiro atoms. The van der Waals surface area contributed by atoms with Gasteiger partial charge in [-0.3, -0.25) is 0 Å². The van der Waals surface area contributed by atoms with E-state index in [1.54, 1.807) is 0 Å². The Bertz CT molecular complexity index is 110. The van der Waals surface area contributed by atoms with Crippen molar-refractivity contribution in [2.75, 3.05) is 5.88 Å². The number of hydrogen-bond acceptors (Lipinski definition) is 2. The number of rotatable bonds is 5. The van der Waals surface area contributed by atoms with E-state index in [-0.39, 0.29) is 6.10 Å². The molecule has 0 aromatic carbocycles. The Morgan fingerprint density at radius 2 is 2.27 bits per heavy atom. The molecule has 0 aliphatic rings. The van der Waals surface area contributed by atoms with E-state index in [2.05, 4.69) is 4.74 Å². The van der Waals surface area contributed by atoms with Gasteiger partial charge in [0.1, 0.15) is 6.10 Å². The first kappa shape index (κ1) is 10.6. The van der Waals surface area contributed by atoms with Gasteiger partial charge in [-0.05, 0) is 12.8 Å². The highest BCUT2D eigenvalue weighted by Gasteiger charge is 2.10. The molecule has 0 amide bonds. The molecule has 0 aliphatic heterocycles. The van der Waals surface area contributed by atoms with Crippen LogP contribution in [0.5, 0.6) is 0 Å². The van der Waals surface area contributed by atoms with Crippen molar-refractivity contribution >= 4 is 17.8 Å². The Balaban J connectivity index is 3.59. The summed E-state index contributed by atoms with van der Waals surface area (Å²) >= 11 is 5.44. The second-order valence-electron chi connectivity index (χ2n) is 2.27. The first-order chi connectivity index (χ1) is 5.20. The smallest absolute Gasteiger partial charge is 0.450 e. The molecule has 0 saturated carbocycles. The number of carboxylic acid groups (broad SMARTS) is 1. The largest absolute Gasteiger partial charge is 0.506 e. The highest BCUT2D eigenvalue weighted by molar-refractivity contribution is 6.17. The summed E-state index contributed by atoms with van der Waals surface area (Å²) in [5.74, 6) is 0.442. The summed E-state index contributed by atoms with van der Waals surface area (Å²) in [6.07, 6.45) is 0.818. The van der Waals surface area contributed by atoms with Crippen molar-refractivity contribution in [2.45, 2.75) is 32.3 Å². The molecule has 0 aromatic rings. The van der Waals surface area contributed by atoms with Crippen molar-refractivity contribution in [2.24, 2.45) is 0 Å². The molecule has 1 N–H and O–H groups in total. The van der Waals surface area contributed by atoms with E-state index in [0.29, 0.717) is 12.3 Å². The Kier molecular flexibility index (Phi) is 6.03. The molecule has 0 fully saturated rings. The van der Waals surface area contributed by atoms with Crippen molar-refractivity contribution in [3.05, 3.63) is 0 Å². The first-order valence-corrected chi connectivity index (χ1v) is 4.19. The Hall–Kier alpha value is -0.440. The van der Waals surface area contributed by atoms with Crippen LogP contribution in [-0.4, -0.2) is 23.2 Å². The molecule has 0 radical (unpaired) electrons. The van der Waals surface area contributed by atoms with E-state index < -0.39 is 6.16 Å². The summed E-state index contributed by atoms with van der Waals surface area (Å²) in [6.45, 7) is 1.98. The predicted octanol–water partition coefficient (Wildman–Crippen LogP) is 2.48. The average Bonchev–Trinajstić information content (AvgIpc) is 1.87. The molecule has 1 unspecified atom stereocenters. The second-order valence-corrected chi connectivity index (χ2v) is 2.65. The number of hydrogen-bond donors (Lipinski definition) is 1. The molecule has 0 saturated heterocycles. The van der Waals surface area contributed by atoms with Crippen molar-refractivity contribution in [1.29, 1.82) is 0 Å². The van der Waals surface area contributed by atoms with Crippen molar-refractivity contribution in [1.82, 2.24) is 0 Å². The van der Waals surface area contributed by atoms with Crippen LogP contribution in [0.1, 0.15) is 26.2 Å². The predicted molar refractivity (Wildman–Crippen MR) is 43.1 cm³/mol. The Labute approximate surface area is 71.3 Å². The molecule has 1 atom stereocenters. The summed E-state index contributed by atoms with van der Waals surface area (Å²) in [6, 6.07) is 0. The van der Waals surface area contributed by atoms with Gasteiger partial charge in [0.15, 0.2) is 0 Å².